The van der Waals surface area contributed by atoms with E-state index in [1.807, 2.05) is 31.3 Å². The highest BCUT2D eigenvalue weighted by Gasteiger charge is 2.18. The van der Waals surface area contributed by atoms with Gasteiger partial charge in [0.2, 0.25) is 0 Å². The fourth-order valence-electron chi connectivity index (χ4n) is 2.02. The van der Waals surface area contributed by atoms with Gasteiger partial charge in [-0.3, -0.25) is 0 Å². The van der Waals surface area contributed by atoms with Gasteiger partial charge < -0.3 is 19.5 Å². The molecule has 0 aliphatic carbocycles. The second kappa shape index (κ2) is 8.55. The number of hydrogen-bond acceptors (Lipinski definition) is 4. The molecule has 5 nitrogen and oxygen atoms in total. The number of nitrogens with zero attached hydrogens (tertiary/aromatic N) is 1. The highest BCUT2D eigenvalue weighted by Crippen LogP contribution is 2.18. The first kappa shape index (κ1) is 16.5. The van der Waals surface area contributed by atoms with E-state index >= 15 is 0 Å². The molecule has 1 rings (SSSR count). The third kappa shape index (κ3) is 5.19. The van der Waals surface area contributed by atoms with Crippen LogP contribution in [0.4, 0.5) is 0 Å². The summed E-state index contributed by atoms with van der Waals surface area (Å²) >= 11 is 0. The van der Waals surface area contributed by atoms with Crippen molar-refractivity contribution in [1.29, 1.82) is 0 Å². The number of carboxylic acids is 1. The van der Waals surface area contributed by atoms with E-state index in [0.717, 1.165) is 11.3 Å². The van der Waals surface area contributed by atoms with E-state index in [-0.39, 0.29) is 0 Å². The molecular formula is C15H23NO4. The van der Waals surface area contributed by atoms with Crippen LogP contribution in [0.2, 0.25) is 0 Å². The van der Waals surface area contributed by atoms with Crippen molar-refractivity contribution in [3.8, 4) is 5.75 Å². The molecule has 1 aromatic carbocycles. The van der Waals surface area contributed by atoms with E-state index < -0.39 is 12.1 Å². The van der Waals surface area contributed by atoms with Gasteiger partial charge in [-0.1, -0.05) is 18.2 Å². The molecular weight excluding hydrogens is 258 g/mol. The molecule has 0 aromatic heterocycles. The summed E-state index contributed by atoms with van der Waals surface area (Å²) in [6, 6.07) is 7.82. The molecule has 0 fully saturated rings. The van der Waals surface area contributed by atoms with Gasteiger partial charge in [-0.2, -0.15) is 0 Å². The molecule has 0 radical (unpaired) electrons. The topological polar surface area (TPSA) is 59.0 Å². The van der Waals surface area contributed by atoms with Crippen molar-refractivity contribution in [1.82, 2.24) is 4.90 Å². The average Bonchev–Trinajstić information content (AvgIpc) is 2.43. The molecule has 0 saturated heterocycles. The van der Waals surface area contributed by atoms with E-state index in [2.05, 4.69) is 4.90 Å². The summed E-state index contributed by atoms with van der Waals surface area (Å²) in [5.41, 5.74) is 1.08. The van der Waals surface area contributed by atoms with Crippen LogP contribution in [-0.2, 0) is 16.1 Å². The summed E-state index contributed by atoms with van der Waals surface area (Å²) in [5.74, 6) is -0.0588. The van der Waals surface area contributed by atoms with Gasteiger partial charge in [-0.05, 0) is 26.5 Å². The van der Waals surface area contributed by atoms with Crippen LogP contribution in [0, 0.1) is 0 Å². The fraction of sp³-hybridized carbons (Fsp3) is 0.533. The Kier molecular flexibility index (Phi) is 7.04. The minimum Gasteiger partial charge on any atom is -0.496 e. The molecule has 20 heavy (non-hydrogen) atoms. The van der Waals surface area contributed by atoms with Gasteiger partial charge in [0, 0.05) is 25.3 Å². The second-order valence-corrected chi connectivity index (χ2v) is 4.62. The van der Waals surface area contributed by atoms with Crippen molar-refractivity contribution < 1.29 is 19.4 Å². The zero-order valence-corrected chi connectivity index (χ0v) is 12.3. The van der Waals surface area contributed by atoms with Crippen molar-refractivity contribution in [2.45, 2.75) is 26.0 Å². The Labute approximate surface area is 120 Å². The molecule has 0 aliphatic heterocycles. The molecule has 0 spiro atoms. The Bertz CT molecular complexity index is 422. The zero-order valence-electron chi connectivity index (χ0n) is 12.3. The standard InChI is InChI=1S/C15H23NO4/c1-4-20-14(15(17)18)9-10-16(2)11-12-7-5-6-8-13(12)19-3/h5-8,14H,4,9-11H2,1-3H3,(H,17,18). The number of carboxylic acid groups (broad SMARTS) is 1. The lowest BCUT2D eigenvalue weighted by Gasteiger charge is -2.20. The summed E-state index contributed by atoms with van der Waals surface area (Å²) in [7, 11) is 3.60. The number of aliphatic carboxylic acids is 1. The van der Waals surface area contributed by atoms with Gasteiger partial charge in [0.15, 0.2) is 6.10 Å². The molecule has 0 aliphatic rings. The maximum Gasteiger partial charge on any atom is 0.332 e. The van der Waals surface area contributed by atoms with Crippen LogP contribution in [0.1, 0.15) is 18.9 Å². The van der Waals surface area contributed by atoms with Crippen molar-refractivity contribution in [3.05, 3.63) is 29.8 Å². The number of ether oxygens (including phenoxy) is 2. The van der Waals surface area contributed by atoms with Crippen molar-refractivity contribution >= 4 is 5.97 Å². The lowest BCUT2D eigenvalue weighted by atomic mass is 10.1. The minimum absolute atomic E-state index is 0.410. The molecule has 1 atom stereocenters. The van der Waals surface area contributed by atoms with Crippen LogP contribution in [0.15, 0.2) is 24.3 Å². The van der Waals surface area contributed by atoms with E-state index in [9.17, 15) is 4.79 Å². The highest BCUT2D eigenvalue weighted by molar-refractivity contribution is 5.72. The molecule has 0 amide bonds. The second-order valence-electron chi connectivity index (χ2n) is 4.62. The van der Waals surface area contributed by atoms with E-state index in [4.69, 9.17) is 14.6 Å². The molecule has 1 N–H and O–H groups in total. The summed E-state index contributed by atoms with van der Waals surface area (Å²) in [4.78, 5) is 13.1. The number of para-hydroxylation sites is 1. The third-order valence-corrected chi connectivity index (χ3v) is 3.05. The highest BCUT2D eigenvalue weighted by atomic mass is 16.5. The molecule has 0 saturated carbocycles. The van der Waals surface area contributed by atoms with Crippen molar-refractivity contribution in [2.75, 3.05) is 27.3 Å². The zero-order chi connectivity index (χ0) is 15.0. The maximum absolute atomic E-state index is 11.0. The van der Waals surface area contributed by atoms with Gasteiger partial charge in [0.05, 0.1) is 7.11 Å². The molecule has 0 heterocycles. The summed E-state index contributed by atoms with van der Waals surface area (Å²) in [6.45, 7) is 3.57. The average molecular weight is 281 g/mol. The molecule has 5 heteroatoms. The van der Waals surface area contributed by atoms with E-state index in [1.54, 1.807) is 14.0 Å². The van der Waals surface area contributed by atoms with Gasteiger partial charge in [-0.15, -0.1) is 0 Å². The van der Waals surface area contributed by atoms with E-state index in [0.29, 0.717) is 26.1 Å². The van der Waals surface area contributed by atoms with Crippen LogP contribution in [0.3, 0.4) is 0 Å². The summed E-state index contributed by atoms with van der Waals surface area (Å²) in [6.07, 6.45) is -0.269. The SMILES string of the molecule is CCOC(CCN(C)Cc1ccccc1OC)C(=O)O. The normalized spacial score (nSPS) is 12.4. The number of rotatable bonds is 9. The molecule has 0 bridgehead atoms. The first-order valence-corrected chi connectivity index (χ1v) is 6.73. The van der Waals surface area contributed by atoms with Gasteiger partial charge >= 0.3 is 5.97 Å². The number of benzene rings is 1. The Balaban J connectivity index is 2.50. The molecule has 1 aromatic rings. The molecule has 1 unspecified atom stereocenters. The number of carbonyl (C=O) groups is 1. The minimum atomic E-state index is -0.905. The third-order valence-electron chi connectivity index (χ3n) is 3.05. The van der Waals surface area contributed by atoms with Crippen LogP contribution in [0.5, 0.6) is 5.75 Å². The monoisotopic (exact) mass is 281 g/mol. The van der Waals surface area contributed by atoms with Crippen molar-refractivity contribution in [2.24, 2.45) is 0 Å². The smallest absolute Gasteiger partial charge is 0.332 e. The maximum atomic E-state index is 11.0. The Morgan fingerprint density at radius 2 is 2.10 bits per heavy atom. The Morgan fingerprint density at radius 1 is 1.40 bits per heavy atom. The predicted molar refractivity (Wildman–Crippen MR) is 77.0 cm³/mol. The fourth-order valence-corrected chi connectivity index (χ4v) is 2.02. The summed E-state index contributed by atoms with van der Waals surface area (Å²) < 4.78 is 10.5. The quantitative estimate of drug-likeness (QED) is 0.750. The van der Waals surface area contributed by atoms with Crippen LogP contribution in [0.25, 0.3) is 0 Å². The largest absolute Gasteiger partial charge is 0.496 e. The van der Waals surface area contributed by atoms with Crippen LogP contribution < -0.4 is 4.74 Å². The van der Waals surface area contributed by atoms with Crippen LogP contribution in [-0.4, -0.2) is 49.4 Å². The lowest BCUT2D eigenvalue weighted by Crippen LogP contribution is -2.30. The van der Waals surface area contributed by atoms with Gasteiger partial charge in [0.25, 0.3) is 0 Å². The van der Waals surface area contributed by atoms with Crippen LogP contribution >= 0.6 is 0 Å². The first-order valence-electron chi connectivity index (χ1n) is 6.73. The van der Waals surface area contributed by atoms with Gasteiger partial charge in [-0.25, -0.2) is 4.79 Å². The first-order chi connectivity index (χ1) is 9.58. The Morgan fingerprint density at radius 3 is 2.70 bits per heavy atom. The number of methoxy groups -OCH3 is 1. The number of hydrogen-bond donors (Lipinski definition) is 1. The summed E-state index contributed by atoms with van der Waals surface area (Å²) in [5, 5.41) is 9.03. The Hall–Kier alpha value is -1.59. The molecule has 112 valence electrons. The lowest BCUT2D eigenvalue weighted by molar-refractivity contribution is -0.150. The van der Waals surface area contributed by atoms with Crippen molar-refractivity contribution in [3.63, 3.8) is 0 Å². The van der Waals surface area contributed by atoms with E-state index in [1.165, 1.54) is 0 Å². The van der Waals surface area contributed by atoms with Gasteiger partial charge in [0.1, 0.15) is 5.75 Å². The predicted octanol–water partition coefficient (Wildman–Crippen LogP) is 2.01.